The van der Waals surface area contributed by atoms with Crippen molar-refractivity contribution in [3.05, 3.63) is 0 Å². The summed E-state index contributed by atoms with van der Waals surface area (Å²) in [5, 5.41) is 25.2. The summed E-state index contributed by atoms with van der Waals surface area (Å²) in [6.45, 7) is 2.14. The van der Waals surface area contributed by atoms with Gasteiger partial charge in [-0.15, -0.1) is 0 Å². The predicted molar refractivity (Wildman–Crippen MR) is 149 cm³/mol. The highest BCUT2D eigenvalue weighted by molar-refractivity contribution is 7.86. The Balaban J connectivity index is 3.75. The van der Waals surface area contributed by atoms with Crippen molar-refractivity contribution in [2.24, 2.45) is 0 Å². The Bertz CT molecular complexity index is 706. The average Bonchev–Trinajstić information content (AvgIpc) is 2.83. The molecular formula is C26H54N4O7S. The highest BCUT2D eigenvalue weighted by Crippen LogP contribution is 2.19. The molecule has 0 radical (unpaired) electrons. The average molecular weight is 567 g/mol. The molecule has 0 aromatic heterocycles. The number of nitrogens with one attached hydrogen (secondary N) is 2. The molecule has 0 aliphatic carbocycles. The van der Waals surface area contributed by atoms with Gasteiger partial charge >= 0.3 is 0 Å². The monoisotopic (exact) mass is 566 g/mol. The van der Waals surface area contributed by atoms with E-state index in [0.717, 1.165) is 80.8 Å². The first-order valence-electron chi connectivity index (χ1n) is 14.3. The topological polar surface area (TPSA) is 160 Å². The summed E-state index contributed by atoms with van der Waals surface area (Å²) in [5.41, 5.74) is 0. The van der Waals surface area contributed by atoms with E-state index < -0.39 is 15.4 Å². The van der Waals surface area contributed by atoms with Crippen molar-refractivity contribution < 1.29 is 33.0 Å². The lowest BCUT2D eigenvalue weighted by molar-refractivity contribution is -0.122. The molecule has 0 bridgehead atoms. The quantitative estimate of drug-likeness (QED) is 0.0597. The lowest BCUT2D eigenvalue weighted by atomic mass is 10.0. The van der Waals surface area contributed by atoms with E-state index in [1.165, 1.54) is 0 Å². The van der Waals surface area contributed by atoms with Crippen LogP contribution in [-0.4, -0.2) is 90.9 Å². The minimum absolute atomic E-state index is 0.0150. The third kappa shape index (κ3) is 25.0. The first-order chi connectivity index (χ1) is 18.0. The van der Waals surface area contributed by atoms with Crippen LogP contribution in [-0.2, 0) is 19.7 Å². The standard InChI is InChI=1S/C26H54N4O7S/c1-29(33)22-14-20-27-25(31)18-12-8-4-3-6-10-16-24(38(35,36)37)17-11-7-5-9-13-19-26(32)28-21-15-23-30(2)34/h24,33-34H,3-23H2,1-2H3,(H,27,31)(H,28,32)(H,35,36,37). The van der Waals surface area contributed by atoms with Crippen LogP contribution in [0, 0.1) is 0 Å². The van der Waals surface area contributed by atoms with Crippen molar-refractivity contribution >= 4 is 21.9 Å². The zero-order valence-corrected chi connectivity index (χ0v) is 24.5. The molecule has 2 amide bonds. The smallest absolute Gasteiger partial charge is 0.267 e. The summed E-state index contributed by atoms with van der Waals surface area (Å²) >= 11 is 0. The van der Waals surface area contributed by atoms with Crippen LogP contribution in [0.1, 0.15) is 109 Å². The summed E-state index contributed by atoms with van der Waals surface area (Å²) < 4.78 is 33.1. The molecule has 38 heavy (non-hydrogen) atoms. The fraction of sp³-hybridized carbons (Fsp3) is 0.923. The van der Waals surface area contributed by atoms with Crippen LogP contribution in [0.3, 0.4) is 0 Å². The SMILES string of the molecule is CN(O)CCCNC(=O)CCCCCCCCC(CCCCCCCC(=O)NCCCN(C)O)S(=O)(=O)O. The third-order valence-electron chi connectivity index (χ3n) is 6.49. The van der Waals surface area contributed by atoms with E-state index in [1.54, 1.807) is 14.1 Å². The van der Waals surface area contributed by atoms with Crippen LogP contribution in [0.2, 0.25) is 0 Å². The Morgan fingerprint density at radius 2 is 0.974 bits per heavy atom. The van der Waals surface area contributed by atoms with Crippen LogP contribution in [0.5, 0.6) is 0 Å². The van der Waals surface area contributed by atoms with Crippen LogP contribution in [0.15, 0.2) is 0 Å². The van der Waals surface area contributed by atoms with Crippen molar-refractivity contribution in [2.75, 3.05) is 40.3 Å². The molecular weight excluding hydrogens is 512 g/mol. The van der Waals surface area contributed by atoms with Crippen molar-refractivity contribution in [3.63, 3.8) is 0 Å². The van der Waals surface area contributed by atoms with Crippen LogP contribution < -0.4 is 10.6 Å². The van der Waals surface area contributed by atoms with Crippen LogP contribution in [0.4, 0.5) is 0 Å². The van der Waals surface area contributed by atoms with Crippen molar-refractivity contribution in [2.45, 2.75) is 114 Å². The van der Waals surface area contributed by atoms with Gasteiger partial charge < -0.3 is 21.0 Å². The Hall–Kier alpha value is -1.31. The van der Waals surface area contributed by atoms with Crippen molar-refractivity contribution in [1.82, 2.24) is 20.8 Å². The van der Waals surface area contributed by atoms with E-state index in [2.05, 4.69) is 10.6 Å². The van der Waals surface area contributed by atoms with Crippen LogP contribution in [0.25, 0.3) is 0 Å². The lowest BCUT2D eigenvalue weighted by Gasteiger charge is -2.14. The zero-order valence-electron chi connectivity index (χ0n) is 23.7. The lowest BCUT2D eigenvalue weighted by Crippen LogP contribution is -2.26. The Kier molecular flexibility index (Phi) is 22.8. The normalized spacial score (nSPS) is 12.7. The number of amides is 2. The molecule has 11 nitrogen and oxygen atoms in total. The van der Waals surface area contributed by atoms with Gasteiger partial charge in [0.25, 0.3) is 10.1 Å². The molecule has 0 saturated heterocycles. The largest absolute Gasteiger partial charge is 0.356 e. The van der Waals surface area contributed by atoms with Crippen molar-refractivity contribution in [1.29, 1.82) is 0 Å². The molecule has 0 aromatic rings. The molecule has 0 heterocycles. The first kappa shape index (κ1) is 36.7. The second kappa shape index (κ2) is 23.6. The van der Waals surface area contributed by atoms with Gasteiger partial charge in [-0.2, -0.15) is 18.5 Å². The van der Waals surface area contributed by atoms with Crippen LogP contribution >= 0.6 is 0 Å². The molecule has 226 valence electrons. The van der Waals surface area contributed by atoms with Gasteiger partial charge in [0.1, 0.15) is 0 Å². The molecule has 0 fully saturated rings. The molecule has 1 unspecified atom stereocenters. The molecule has 0 aromatic carbocycles. The Morgan fingerprint density at radius 1 is 0.632 bits per heavy atom. The number of hydrogen-bond acceptors (Lipinski definition) is 8. The summed E-state index contributed by atoms with van der Waals surface area (Å²) in [4.78, 5) is 23.5. The van der Waals surface area contributed by atoms with Gasteiger partial charge in [0.2, 0.25) is 11.8 Å². The number of unbranched alkanes of at least 4 members (excludes halogenated alkanes) is 9. The maximum atomic E-state index is 11.8. The van der Waals surface area contributed by atoms with E-state index in [0.29, 0.717) is 64.7 Å². The van der Waals surface area contributed by atoms with E-state index in [1.807, 2.05) is 0 Å². The predicted octanol–water partition coefficient (Wildman–Crippen LogP) is 3.75. The second-order valence-electron chi connectivity index (χ2n) is 10.3. The number of hydrogen-bond donors (Lipinski definition) is 5. The minimum Gasteiger partial charge on any atom is -0.356 e. The molecule has 12 heteroatoms. The maximum absolute atomic E-state index is 11.8. The van der Waals surface area contributed by atoms with E-state index in [4.69, 9.17) is 10.4 Å². The number of carbonyl (C=O) groups is 2. The Morgan fingerprint density at radius 3 is 1.32 bits per heavy atom. The van der Waals surface area contributed by atoms with E-state index in [-0.39, 0.29) is 11.8 Å². The number of hydroxylamine groups is 4. The van der Waals surface area contributed by atoms with E-state index in [9.17, 15) is 22.6 Å². The summed E-state index contributed by atoms with van der Waals surface area (Å²) in [6.07, 6.45) is 13.0. The fourth-order valence-corrected chi connectivity index (χ4v) is 5.17. The summed E-state index contributed by atoms with van der Waals surface area (Å²) in [7, 11) is -0.907. The van der Waals surface area contributed by atoms with Gasteiger partial charge in [-0.25, -0.2) is 0 Å². The third-order valence-corrected chi connectivity index (χ3v) is 7.81. The number of carbonyl (C=O) groups excluding carboxylic acids is 2. The first-order valence-corrected chi connectivity index (χ1v) is 15.8. The maximum Gasteiger partial charge on any atom is 0.267 e. The molecule has 0 saturated carbocycles. The van der Waals surface area contributed by atoms with Gasteiger partial charge in [-0.05, 0) is 38.5 Å². The highest BCUT2D eigenvalue weighted by Gasteiger charge is 2.21. The summed E-state index contributed by atoms with van der Waals surface area (Å²) in [6, 6.07) is 0. The molecule has 5 N–H and O–H groups in total. The zero-order chi connectivity index (χ0) is 28.7. The Labute approximate surface area is 230 Å². The minimum atomic E-state index is -4.05. The van der Waals surface area contributed by atoms with Gasteiger partial charge in [0.05, 0.1) is 5.25 Å². The van der Waals surface area contributed by atoms with Gasteiger partial charge in [0.15, 0.2) is 0 Å². The summed E-state index contributed by atoms with van der Waals surface area (Å²) in [5.74, 6) is 0.0481. The molecule has 0 aliphatic heterocycles. The van der Waals surface area contributed by atoms with Crippen molar-refractivity contribution in [3.8, 4) is 0 Å². The molecule has 0 rings (SSSR count). The second-order valence-corrected chi connectivity index (χ2v) is 12.0. The molecule has 0 spiro atoms. The fourth-order valence-electron chi connectivity index (χ4n) is 4.24. The van der Waals surface area contributed by atoms with Gasteiger partial charge in [0, 0.05) is 53.1 Å². The van der Waals surface area contributed by atoms with E-state index >= 15 is 0 Å². The number of rotatable bonds is 26. The highest BCUT2D eigenvalue weighted by atomic mass is 32.2. The molecule has 1 atom stereocenters. The molecule has 0 aliphatic rings. The van der Waals surface area contributed by atoms with Gasteiger partial charge in [-0.1, -0.05) is 57.8 Å². The van der Waals surface area contributed by atoms with Gasteiger partial charge in [-0.3, -0.25) is 14.1 Å². The number of nitrogens with zero attached hydrogens (tertiary/aromatic N) is 2.